The first-order chi connectivity index (χ1) is 14.0. The minimum absolute atomic E-state index is 0.0192. The lowest BCUT2D eigenvalue weighted by Crippen LogP contribution is -2.31. The summed E-state index contributed by atoms with van der Waals surface area (Å²) in [7, 11) is 3.06. The Morgan fingerprint density at radius 3 is 2.55 bits per heavy atom. The number of fused-ring (bicyclic) bond motifs is 1. The van der Waals surface area contributed by atoms with Gasteiger partial charge in [0.15, 0.2) is 29.6 Å². The third-order valence-corrected chi connectivity index (χ3v) is 4.43. The van der Waals surface area contributed by atoms with Gasteiger partial charge in [0.05, 0.1) is 26.7 Å². The monoisotopic (exact) mass is 401 g/mol. The van der Waals surface area contributed by atoms with E-state index in [1.54, 1.807) is 24.3 Å². The summed E-state index contributed by atoms with van der Waals surface area (Å²) >= 11 is 0. The Morgan fingerprint density at radius 2 is 1.79 bits per heavy atom. The summed E-state index contributed by atoms with van der Waals surface area (Å²) < 4.78 is 26.1. The normalized spacial score (nSPS) is 12.8. The van der Waals surface area contributed by atoms with Gasteiger partial charge in [-0.05, 0) is 42.3 Å². The molecule has 2 aromatic rings. The lowest BCUT2D eigenvalue weighted by molar-refractivity contribution is -0.148. The fourth-order valence-corrected chi connectivity index (χ4v) is 2.90. The number of methoxy groups -OCH3 is 2. The third kappa shape index (κ3) is 5.10. The van der Waals surface area contributed by atoms with E-state index in [-0.39, 0.29) is 25.9 Å². The maximum atomic E-state index is 12.1. The molecule has 1 atom stereocenters. The lowest BCUT2D eigenvalue weighted by Gasteiger charge is -2.15. The molecular formula is C21H23NO7. The Kier molecular flexibility index (Phi) is 6.43. The van der Waals surface area contributed by atoms with E-state index in [9.17, 15) is 9.59 Å². The van der Waals surface area contributed by atoms with Gasteiger partial charge in [-0.15, -0.1) is 0 Å². The molecule has 8 heteroatoms. The van der Waals surface area contributed by atoms with Crippen molar-refractivity contribution in [1.29, 1.82) is 0 Å². The van der Waals surface area contributed by atoms with Crippen molar-refractivity contribution in [3.05, 3.63) is 47.5 Å². The van der Waals surface area contributed by atoms with Crippen LogP contribution in [0.1, 0.15) is 24.1 Å². The average molecular weight is 401 g/mol. The molecule has 0 aromatic heterocycles. The molecule has 1 amide bonds. The highest BCUT2D eigenvalue weighted by molar-refractivity contribution is 5.81. The predicted molar refractivity (Wildman–Crippen MR) is 103 cm³/mol. The first-order valence-corrected chi connectivity index (χ1v) is 9.05. The van der Waals surface area contributed by atoms with Crippen molar-refractivity contribution in [2.45, 2.75) is 19.4 Å². The standard InChI is InChI=1S/C21H23NO7/c1-13(15-5-7-17-19(10-15)29-12-28-17)22-20(23)11-27-21(24)9-14-4-6-16(25-2)18(8-14)26-3/h4-8,10,13H,9,11-12H2,1-3H3,(H,22,23)/t13-/m1/s1. The number of amides is 1. The van der Waals surface area contributed by atoms with Gasteiger partial charge in [-0.2, -0.15) is 0 Å². The van der Waals surface area contributed by atoms with Crippen molar-refractivity contribution in [3.8, 4) is 23.0 Å². The van der Waals surface area contributed by atoms with E-state index in [0.29, 0.717) is 28.6 Å². The number of nitrogens with one attached hydrogen (secondary N) is 1. The zero-order chi connectivity index (χ0) is 20.8. The summed E-state index contributed by atoms with van der Waals surface area (Å²) in [4.78, 5) is 24.2. The largest absolute Gasteiger partial charge is 0.493 e. The van der Waals surface area contributed by atoms with E-state index in [2.05, 4.69) is 5.32 Å². The zero-order valence-electron chi connectivity index (χ0n) is 16.5. The number of esters is 1. The predicted octanol–water partition coefficient (Wildman–Crippen LogP) is 2.40. The molecule has 2 aromatic carbocycles. The molecule has 0 bridgehead atoms. The topological polar surface area (TPSA) is 92.3 Å². The molecule has 0 saturated carbocycles. The van der Waals surface area contributed by atoms with E-state index in [1.807, 2.05) is 19.1 Å². The van der Waals surface area contributed by atoms with Crippen molar-refractivity contribution < 1.29 is 33.3 Å². The van der Waals surface area contributed by atoms with E-state index in [0.717, 1.165) is 5.56 Å². The summed E-state index contributed by atoms with van der Waals surface area (Å²) in [5.74, 6) is 1.51. The fourth-order valence-electron chi connectivity index (χ4n) is 2.90. The van der Waals surface area contributed by atoms with E-state index in [1.165, 1.54) is 14.2 Å². The third-order valence-electron chi connectivity index (χ3n) is 4.43. The van der Waals surface area contributed by atoms with Gasteiger partial charge < -0.3 is 29.0 Å². The van der Waals surface area contributed by atoms with Crippen LogP contribution in [0.15, 0.2) is 36.4 Å². The number of carbonyl (C=O) groups is 2. The van der Waals surface area contributed by atoms with E-state index in [4.69, 9.17) is 23.7 Å². The molecule has 29 heavy (non-hydrogen) atoms. The van der Waals surface area contributed by atoms with Crippen LogP contribution in [0.5, 0.6) is 23.0 Å². The molecule has 1 heterocycles. The second-order valence-electron chi connectivity index (χ2n) is 6.43. The van der Waals surface area contributed by atoms with Gasteiger partial charge in [-0.1, -0.05) is 12.1 Å². The molecule has 8 nitrogen and oxygen atoms in total. The van der Waals surface area contributed by atoms with Gasteiger partial charge in [0.2, 0.25) is 6.79 Å². The molecule has 1 aliphatic rings. The highest BCUT2D eigenvalue weighted by Crippen LogP contribution is 2.34. The summed E-state index contributed by atoms with van der Waals surface area (Å²) in [6.45, 7) is 1.66. The number of benzene rings is 2. The molecule has 0 saturated heterocycles. The van der Waals surface area contributed by atoms with E-state index >= 15 is 0 Å². The molecule has 0 unspecified atom stereocenters. The maximum Gasteiger partial charge on any atom is 0.310 e. The first-order valence-electron chi connectivity index (χ1n) is 9.05. The smallest absolute Gasteiger partial charge is 0.310 e. The van der Waals surface area contributed by atoms with Crippen molar-refractivity contribution in [1.82, 2.24) is 5.32 Å². The molecule has 0 spiro atoms. The van der Waals surface area contributed by atoms with Gasteiger partial charge >= 0.3 is 5.97 Å². The van der Waals surface area contributed by atoms with Crippen molar-refractivity contribution in [2.24, 2.45) is 0 Å². The number of carbonyl (C=O) groups excluding carboxylic acids is 2. The van der Waals surface area contributed by atoms with Crippen LogP contribution in [0.4, 0.5) is 0 Å². The van der Waals surface area contributed by atoms with Crippen LogP contribution in [0.3, 0.4) is 0 Å². The van der Waals surface area contributed by atoms with E-state index < -0.39 is 11.9 Å². The van der Waals surface area contributed by atoms with Crippen molar-refractivity contribution in [2.75, 3.05) is 27.6 Å². The molecule has 1 aliphatic heterocycles. The van der Waals surface area contributed by atoms with Gasteiger partial charge in [-0.3, -0.25) is 9.59 Å². The number of hydrogen-bond acceptors (Lipinski definition) is 7. The van der Waals surface area contributed by atoms with Crippen LogP contribution in [0, 0.1) is 0 Å². The van der Waals surface area contributed by atoms with Gasteiger partial charge in [0, 0.05) is 0 Å². The second kappa shape index (κ2) is 9.18. The van der Waals surface area contributed by atoms with Crippen LogP contribution < -0.4 is 24.3 Å². The SMILES string of the molecule is COc1ccc(CC(=O)OCC(=O)N[C@H](C)c2ccc3c(c2)OCO3)cc1OC. The summed E-state index contributed by atoms with van der Waals surface area (Å²) in [6, 6.07) is 10.3. The Labute approximate surface area is 168 Å². The molecule has 0 fully saturated rings. The molecule has 1 N–H and O–H groups in total. The van der Waals surface area contributed by atoms with Crippen LogP contribution in [-0.2, 0) is 20.7 Å². The molecule has 3 rings (SSSR count). The summed E-state index contributed by atoms with van der Waals surface area (Å²) in [5, 5.41) is 2.79. The molecule has 0 aliphatic carbocycles. The quantitative estimate of drug-likeness (QED) is 0.679. The van der Waals surface area contributed by atoms with Gasteiger partial charge in [0.25, 0.3) is 5.91 Å². The Bertz CT molecular complexity index is 897. The number of rotatable bonds is 8. The van der Waals surface area contributed by atoms with Crippen LogP contribution in [0.2, 0.25) is 0 Å². The average Bonchev–Trinajstić information content (AvgIpc) is 3.20. The molecule has 0 radical (unpaired) electrons. The minimum Gasteiger partial charge on any atom is -0.493 e. The summed E-state index contributed by atoms with van der Waals surface area (Å²) in [5.41, 5.74) is 1.56. The zero-order valence-corrected chi connectivity index (χ0v) is 16.5. The van der Waals surface area contributed by atoms with Crippen molar-refractivity contribution in [3.63, 3.8) is 0 Å². The van der Waals surface area contributed by atoms with Crippen LogP contribution >= 0.6 is 0 Å². The minimum atomic E-state index is -0.511. The lowest BCUT2D eigenvalue weighted by atomic mass is 10.1. The van der Waals surface area contributed by atoms with Crippen LogP contribution in [-0.4, -0.2) is 39.5 Å². The van der Waals surface area contributed by atoms with Crippen LogP contribution in [0.25, 0.3) is 0 Å². The van der Waals surface area contributed by atoms with Crippen molar-refractivity contribution >= 4 is 11.9 Å². The Balaban J connectivity index is 1.48. The first kappa shape index (κ1) is 20.3. The number of hydrogen-bond donors (Lipinski definition) is 1. The summed E-state index contributed by atoms with van der Waals surface area (Å²) in [6.07, 6.45) is 0.0192. The maximum absolute atomic E-state index is 12.1. The molecule has 154 valence electrons. The Morgan fingerprint density at radius 1 is 1.03 bits per heavy atom. The van der Waals surface area contributed by atoms with Gasteiger partial charge in [0.1, 0.15) is 0 Å². The Hall–Kier alpha value is -3.42. The fraction of sp³-hybridized carbons (Fsp3) is 0.333. The highest BCUT2D eigenvalue weighted by atomic mass is 16.7. The highest BCUT2D eigenvalue weighted by Gasteiger charge is 2.17. The van der Waals surface area contributed by atoms with Gasteiger partial charge in [-0.25, -0.2) is 0 Å². The second-order valence-corrected chi connectivity index (χ2v) is 6.43. The molecular weight excluding hydrogens is 378 g/mol. The number of ether oxygens (including phenoxy) is 5.